The zero-order valence-electron chi connectivity index (χ0n) is 17.4. The van der Waals surface area contributed by atoms with Crippen LogP contribution >= 0.6 is 0 Å². The van der Waals surface area contributed by atoms with Gasteiger partial charge in [0.05, 0.1) is 17.2 Å². The molecule has 160 valence electrons. The molecule has 6 rings (SSSR count). The number of hydrogen-bond acceptors (Lipinski definition) is 6. The zero-order chi connectivity index (χ0) is 22.4. The number of ether oxygens (including phenoxy) is 3. The van der Waals surface area contributed by atoms with Gasteiger partial charge in [0.1, 0.15) is 11.6 Å². The Bertz CT molecular complexity index is 1430. The minimum atomic E-state index is -0.428. The molecule has 7 nitrogen and oxygen atoms in total. The zero-order valence-corrected chi connectivity index (χ0v) is 17.4. The Hall–Kier alpha value is -4.70. The molecule has 3 aromatic carbocycles. The second-order valence-corrected chi connectivity index (χ2v) is 7.80. The Kier molecular flexibility index (Phi) is 4.30. The molecule has 1 aromatic heterocycles. The molecule has 0 spiro atoms. The van der Waals surface area contributed by atoms with Crippen molar-refractivity contribution < 1.29 is 14.2 Å². The van der Waals surface area contributed by atoms with Gasteiger partial charge in [-0.3, -0.25) is 5.10 Å². The van der Waals surface area contributed by atoms with Gasteiger partial charge in [0.2, 0.25) is 18.6 Å². The van der Waals surface area contributed by atoms with Crippen LogP contribution in [0.3, 0.4) is 0 Å². The van der Waals surface area contributed by atoms with Crippen LogP contribution in [0, 0.1) is 11.3 Å². The summed E-state index contributed by atoms with van der Waals surface area (Å²) in [5, 5.41) is 17.3. The van der Waals surface area contributed by atoms with Gasteiger partial charge < -0.3 is 19.9 Å². The summed E-state index contributed by atoms with van der Waals surface area (Å²) in [6, 6.07) is 26.2. The van der Waals surface area contributed by atoms with Gasteiger partial charge in [0.15, 0.2) is 11.5 Å². The SMILES string of the molecule is N#CC1=C(N)Oc2n[nH]c(-c3ccc4c(c3)OCO4)c2[C@H]1c1ccc(-c2ccccc2)cc1. The predicted octanol–water partition coefficient (Wildman–Crippen LogP) is 4.69. The average molecular weight is 434 g/mol. The van der Waals surface area contributed by atoms with Gasteiger partial charge >= 0.3 is 0 Å². The Morgan fingerprint density at radius 1 is 0.909 bits per heavy atom. The number of aromatic nitrogens is 2. The van der Waals surface area contributed by atoms with Crippen LogP contribution in [0.2, 0.25) is 0 Å². The van der Waals surface area contributed by atoms with E-state index in [0.717, 1.165) is 33.5 Å². The van der Waals surface area contributed by atoms with Crippen LogP contribution in [0.4, 0.5) is 0 Å². The molecule has 33 heavy (non-hydrogen) atoms. The fourth-order valence-corrected chi connectivity index (χ4v) is 4.35. The Balaban J connectivity index is 1.47. The van der Waals surface area contributed by atoms with Gasteiger partial charge in [0, 0.05) is 5.56 Å². The molecule has 0 saturated heterocycles. The molecule has 0 saturated carbocycles. The quantitative estimate of drug-likeness (QED) is 0.485. The molecular weight excluding hydrogens is 416 g/mol. The molecule has 2 aliphatic heterocycles. The number of nitrogens with two attached hydrogens (primary N) is 1. The maximum Gasteiger partial charge on any atom is 0.244 e. The highest BCUT2D eigenvalue weighted by Gasteiger charge is 2.35. The van der Waals surface area contributed by atoms with Crippen molar-refractivity contribution >= 4 is 0 Å². The predicted molar refractivity (Wildman–Crippen MR) is 121 cm³/mol. The first-order valence-corrected chi connectivity index (χ1v) is 10.4. The molecule has 7 heteroatoms. The maximum atomic E-state index is 9.94. The number of nitrogens with zero attached hydrogens (tertiary/aromatic N) is 2. The number of allylic oxidation sites excluding steroid dienone is 1. The highest BCUT2D eigenvalue weighted by Crippen LogP contribution is 2.47. The van der Waals surface area contributed by atoms with Gasteiger partial charge in [-0.05, 0) is 34.9 Å². The number of fused-ring (bicyclic) bond motifs is 2. The van der Waals surface area contributed by atoms with E-state index in [2.05, 4.69) is 28.4 Å². The van der Waals surface area contributed by atoms with E-state index in [-0.39, 0.29) is 12.7 Å². The summed E-state index contributed by atoms with van der Waals surface area (Å²) in [5.41, 5.74) is 11.9. The lowest BCUT2D eigenvalue weighted by molar-refractivity contribution is 0.174. The van der Waals surface area contributed by atoms with Crippen molar-refractivity contribution in [1.82, 2.24) is 10.2 Å². The van der Waals surface area contributed by atoms with Crippen LogP contribution in [0.15, 0.2) is 84.3 Å². The van der Waals surface area contributed by atoms with E-state index in [1.54, 1.807) is 0 Å². The van der Waals surface area contributed by atoms with Gasteiger partial charge in [-0.15, -0.1) is 5.10 Å². The number of hydrogen-bond donors (Lipinski definition) is 2. The summed E-state index contributed by atoms with van der Waals surface area (Å²) < 4.78 is 16.7. The third-order valence-electron chi connectivity index (χ3n) is 5.95. The summed E-state index contributed by atoms with van der Waals surface area (Å²) in [6.45, 7) is 0.192. The normalized spacial score (nSPS) is 16.2. The molecule has 0 radical (unpaired) electrons. The fourth-order valence-electron chi connectivity index (χ4n) is 4.35. The highest BCUT2D eigenvalue weighted by atomic mass is 16.7. The molecule has 0 aliphatic carbocycles. The maximum absolute atomic E-state index is 9.94. The van der Waals surface area contributed by atoms with Gasteiger partial charge in [0.25, 0.3) is 0 Å². The molecule has 3 N–H and O–H groups in total. The summed E-state index contributed by atoms with van der Waals surface area (Å²) in [7, 11) is 0. The third-order valence-corrected chi connectivity index (χ3v) is 5.95. The molecular formula is C26H18N4O3. The topological polar surface area (TPSA) is 106 Å². The molecule has 0 bridgehead atoms. The number of aromatic amines is 1. The molecule has 0 unspecified atom stereocenters. The summed E-state index contributed by atoms with van der Waals surface area (Å²) in [4.78, 5) is 0. The molecule has 4 aromatic rings. The first-order valence-electron chi connectivity index (χ1n) is 10.4. The van der Waals surface area contributed by atoms with E-state index in [1.165, 1.54) is 0 Å². The smallest absolute Gasteiger partial charge is 0.244 e. The number of rotatable bonds is 3. The minimum absolute atomic E-state index is 0.0610. The first-order chi connectivity index (χ1) is 16.2. The number of benzene rings is 3. The largest absolute Gasteiger partial charge is 0.454 e. The highest BCUT2D eigenvalue weighted by molar-refractivity contribution is 5.73. The molecule has 2 aliphatic rings. The lowest BCUT2D eigenvalue weighted by atomic mass is 9.82. The number of nitriles is 1. The summed E-state index contributed by atoms with van der Waals surface area (Å²) in [5.74, 6) is 1.34. The van der Waals surface area contributed by atoms with Crippen molar-refractivity contribution in [2.45, 2.75) is 5.92 Å². The third kappa shape index (κ3) is 3.08. The van der Waals surface area contributed by atoms with E-state index < -0.39 is 5.92 Å². The van der Waals surface area contributed by atoms with Crippen LogP contribution in [-0.2, 0) is 0 Å². The van der Waals surface area contributed by atoms with Crippen molar-refractivity contribution in [1.29, 1.82) is 5.26 Å². The van der Waals surface area contributed by atoms with Crippen LogP contribution < -0.4 is 19.9 Å². The van der Waals surface area contributed by atoms with Crippen LogP contribution in [0.5, 0.6) is 17.4 Å². The van der Waals surface area contributed by atoms with Gasteiger partial charge in [-0.1, -0.05) is 54.6 Å². The first kappa shape index (κ1) is 19.0. The molecule has 0 fully saturated rings. The Labute approximate surface area is 189 Å². The van der Waals surface area contributed by atoms with Gasteiger partial charge in [-0.2, -0.15) is 5.26 Å². The van der Waals surface area contributed by atoms with Crippen molar-refractivity contribution in [2.75, 3.05) is 6.79 Å². The average Bonchev–Trinajstić information content (AvgIpc) is 3.50. The van der Waals surface area contributed by atoms with Gasteiger partial charge in [-0.25, -0.2) is 0 Å². The number of H-pyrrole nitrogens is 1. The molecule has 3 heterocycles. The van der Waals surface area contributed by atoms with E-state index in [1.807, 2.05) is 60.7 Å². The molecule has 0 amide bonds. The summed E-state index contributed by atoms with van der Waals surface area (Å²) in [6.07, 6.45) is 0. The standard InChI is InChI=1S/C26H18N4O3/c27-13-19-22(17-8-6-16(7-9-17)15-4-2-1-3-5-15)23-24(29-30-26(23)33-25(19)28)18-10-11-20-21(12-18)32-14-31-20/h1-12,22H,14,28H2,(H,29,30)/t22-/m0/s1. The minimum Gasteiger partial charge on any atom is -0.454 e. The lowest BCUT2D eigenvalue weighted by Gasteiger charge is -2.24. The van der Waals surface area contributed by atoms with Crippen LogP contribution in [-0.4, -0.2) is 17.0 Å². The Morgan fingerprint density at radius 3 is 2.42 bits per heavy atom. The van der Waals surface area contributed by atoms with E-state index >= 15 is 0 Å². The lowest BCUT2D eigenvalue weighted by Crippen LogP contribution is -2.21. The monoisotopic (exact) mass is 434 g/mol. The fraction of sp³-hybridized carbons (Fsp3) is 0.0769. The van der Waals surface area contributed by atoms with E-state index in [9.17, 15) is 5.26 Å². The number of nitrogens with one attached hydrogen (secondary N) is 1. The van der Waals surface area contributed by atoms with Crippen molar-refractivity contribution in [3.05, 3.63) is 95.4 Å². The van der Waals surface area contributed by atoms with Crippen molar-refractivity contribution in [3.8, 4) is 45.8 Å². The molecule has 1 atom stereocenters. The van der Waals surface area contributed by atoms with Crippen molar-refractivity contribution in [2.24, 2.45) is 5.73 Å². The second kappa shape index (κ2) is 7.46. The Morgan fingerprint density at radius 2 is 1.64 bits per heavy atom. The second-order valence-electron chi connectivity index (χ2n) is 7.80. The van der Waals surface area contributed by atoms with Crippen LogP contribution in [0.1, 0.15) is 17.0 Å². The summed E-state index contributed by atoms with van der Waals surface area (Å²) >= 11 is 0. The van der Waals surface area contributed by atoms with E-state index in [4.69, 9.17) is 19.9 Å². The van der Waals surface area contributed by atoms with Crippen LogP contribution in [0.25, 0.3) is 22.4 Å². The van der Waals surface area contributed by atoms with E-state index in [0.29, 0.717) is 23.0 Å². The van der Waals surface area contributed by atoms with Crippen molar-refractivity contribution in [3.63, 3.8) is 0 Å².